The summed E-state index contributed by atoms with van der Waals surface area (Å²) >= 11 is 12.5. The van der Waals surface area contributed by atoms with Gasteiger partial charge in [0.05, 0.1) is 16.2 Å². The monoisotopic (exact) mass is 389 g/mol. The molecule has 25 heavy (non-hydrogen) atoms. The molecule has 1 N–H and O–H groups in total. The quantitative estimate of drug-likeness (QED) is 0.606. The minimum absolute atomic E-state index is 0.105. The second-order valence-electron chi connectivity index (χ2n) is 5.38. The van der Waals surface area contributed by atoms with Crippen molar-refractivity contribution in [3.05, 3.63) is 69.1 Å². The maximum Gasteiger partial charge on any atom is 0.335 e. The number of carboxylic acid groups (broad SMARTS) is 1. The van der Waals surface area contributed by atoms with E-state index in [1.807, 2.05) is 6.07 Å². The normalized spacial score (nSPS) is 15.9. The lowest BCUT2D eigenvalue weighted by Crippen LogP contribution is -2.28. The number of aryl methyl sites for hydroxylation is 1. The van der Waals surface area contributed by atoms with Crippen molar-refractivity contribution >= 4 is 63.5 Å². The van der Waals surface area contributed by atoms with E-state index in [4.69, 9.17) is 23.8 Å². The summed E-state index contributed by atoms with van der Waals surface area (Å²) in [6.45, 7) is 1.81. The predicted molar refractivity (Wildman–Crippen MR) is 105 cm³/mol. The van der Waals surface area contributed by atoms with Crippen molar-refractivity contribution in [1.82, 2.24) is 0 Å². The van der Waals surface area contributed by atoms with Gasteiger partial charge in [0.2, 0.25) is 0 Å². The lowest BCUT2D eigenvalue weighted by atomic mass is 10.1. The number of anilines is 1. The zero-order valence-electron chi connectivity index (χ0n) is 13.0. The van der Waals surface area contributed by atoms with Crippen molar-refractivity contribution in [3.8, 4) is 0 Å². The van der Waals surface area contributed by atoms with Gasteiger partial charge in [0, 0.05) is 5.02 Å². The van der Waals surface area contributed by atoms with Gasteiger partial charge in [0.1, 0.15) is 0 Å². The maximum absolute atomic E-state index is 12.8. The van der Waals surface area contributed by atoms with E-state index in [0.717, 1.165) is 11.1 Å². The molecule has 1 aliphatic rings. The van der Waals surface area contributed by atoms with E-state index in [0.29, 0.717) is 19.9 Å². The van der Waals surface area contributed by atoms with Crippen molar-refractivity contribution in [1.29, 1.82) is 0 Å². The Morgan fingerprint density at radius 1 is 1.28 bits per heavy atom. The molecular formula is C18H12ClNO3S2. The molecule has 1 fully saturated rings. The fourth-order valence-electron chi connectivity index (χ4n) is 2.41. The van der Waals surface area contributed by atoms with Crippen LogP contribution in [-0.2, 0) is 4.79 Å². The topological polar surface area (TPSA) is 57.6 Å². The number of thioether (sulfide) groups is 1. The van der Waals surface area contributed by atoms with Crippen LogP contribution in [0.4, 0.5) is 5.69 Å². The Hall–Kier alpha value is -2.15. The molecule has 1 amide bonds. The summed E-state index contributed by atoms with van der Waals surface area (Å²) in [6.07, 6.45) is 1.72. The van der Waals surface area contributed by atoms with Gasteiger partial charge in [0.15, 0.2) is 4.32 Å². The summed E-state index contributed by atoms with van der Waals surface area (Å²) < 4.78 is 0.365. The van der Waals surface area contributed by atoms with Crippen molar-refractivity contribution in [3.63, 3.8) is 0 Å². The Kier molecular flexibility index (Phi) is 4.94. The van der Waals surface area contributed by atoms with Gasteiger partial charge in [-0.15, -0.1) is 0 Å². The van der Waals surface area contributed by atoms with Gasteiger partial charge in [-0.1, -0.05) is 53.8 Å². The van der Waals surface area contributed by atoms with Crippen molar-refractivity contribution < 1.29 is 14.7 Å². The third-order valence-electron chi connectivity index (χ3n) is 3.64. The van der Waals surface area contributed by atoms with Crippen molar-refractivity contribution in [2.24, 2.45) is 0 Å². The Morgan fingerprint density at radius 3 is 2.72 bits per heavy atom. The summed E-state index contributed by atoms with van der Waals surface area (Å²) in [5.41, 5.74) is 2.15. The summed E-state index contributed by atoms with van der Waals surface area (Å²) in [5.74, 6) is -1.33. The lowest BCUT2D eigenvalue weighted by molar-refractivity contribution is -0.113. The largest absolute Gasteiger partial charge is 0.478 e. The Labute approximate surface area is 159 Å². The molecule has 0 atom stereocenters. The van der Waals surface area contributed by atoms with Crippen molar-refractivity contribution in [2.45, 2.75) is 6.92 Å². The average molecular weight is 390 g/mol. The Bertz CT molecular complexity index is 940. The van der Waals surface area contributed by atoms with Gasteiger partial charge < -0.3 is 5.11 Å². The number of aromatic carboxylic acids is 1. The molecule has 3 rings (SSSR count). The molecule has 1 aliphatic heterocycles. The van der Waals surface area contributed by atoms with E-state index in [9.17, 15) is 14.7 Å². The number of benzene rings is 2. The fraction of sp³-hybridized carbons (Fsp3) is 0.0556. The van der Waals surface area contributed by atoms with E-state index >= 15 is 0 Å². The van der Waals surface area contributed by atoms with Gasteiger partial charge in [-0.25, -0.2) is 4.79 Å². The first-order valence-corrected chi connectivity index (χ1v) is 8.84. The SMILES string of the molecule is Cc1ccc(C(=O)O)cc1N1C(=O)/C(=C/c2cccc(Cl)c2)SC1=S. The van der Waals surface area contributed by atoms with Gasteiger partial charge in [0.25, 0.3) is 5.91 Å². The van der Waals surface area contributed by atoms with Crippen LogP contribution in [-0.4, -0.2) is 21.3 Å². The highest BCUT2D eigenvalue weighted by Crippen LogP contribution is 2.37. The molecule has 4 nitrogen and oxygen atoms in total. The molecule has 0 spiro atoms. The first-order valence-electron chi connectivity index (χ1n) is 7.24. The van der Waals surface area contributed by atoms with Crippen LogP contribution in [0.15, 0.2) is 47.4 Å². The van der Waals surface area contributed by atoms with Gasteiger partial charge in [-0.3, -0.25) is 9.69 Å². The maximum atomic E-state index is 12.8. The third kappa shape index (κ3) is 3.61. The standard InChI is InChI=1S/C18H12ClNO3S2/c1-10-5-6-12(17(22)23)9-14(10)20-16(21)15(25-18(20)24)8-11-3-2-4-13(19)7-11/h2-9H,1H3,(H,22,23)/b15-8-. The Morgan fingerprint density at radius 2 is 2.04 bits per heavy atom. The molecule has 1 heterocycles. The number of thiocarbonyl (C=S) groups is 1. The predicted octanol–water partition coefficient (Wildman–Crippen LogP) is 4.75. The number of halogens is 1. The molecule has 2 aromatic rings. The van der Waals surface area contributed by atoms with E-state index in [1.54, 1.807) is 37.3 Å². The number of amides is 1. The fourth-order valence-corrected chi connectivity index (χ4v) is 3.89. The molecule has 0 unspecified atom stereocenters. The number of rotatable bonds is 3. The number of hydrogen-bond acceptors (Lipinski definition) is 4. The first kappa shape index (κ1) is 17.7. The van der Waals surface area contributed by atoms with Crippen molar-refractivity contribution in [2.75, 3.05) is 4.90 Å². The van der Waals surface area contributed by atoms with Crippen LogP contribution >= 0.6 is 35.6 Å². The molecule has 0 radical (unpaired) electrons. The molecule has 2 aromatic carbocycles. The smallest absolute Gasteiger partial charge is 0.335 e. The van der Waals surface area contributed by atoms with E-state index in [1.165, 1.54) is 28.8 Å². The molecule has 0 aromatic heterocycles. The van der Waals surface area contributed by atoms with Crippen LogP contribution in [0.1, 0.15) is 21.5 Å². The van der Waals surface area contributed by atoms with Crippen LogP contribution in [0.5, 0.6) is 0 Å². The molecule has 126 valence electrons. The third-order valence-corrected chi connectivity index (χ3v) is 5.17. The minimum atomic E-state index is -1.05. The molecule has 0 aliphatic carbocycles. The second kappa shape index (κ2) is 7.00. The zero-order valence-corrected chi connectivity index (χ0v) is 15.4. The van der Waals surface area contributed by atoms with Gasteiger partial charge in [-0.05, 0) is 48.4 Å². The van der Waals surface area contributed by atoms with E-state index in [-0.39, 0.29) is 11.5 Å². The summed E-state index contributed by atoms with van der Waals surface area (Å²) in [4.78, 5) is 25.9. The van der Waals surface area contributed by atoms with Crippen LogP contribution in [0.25, 0.3) is 6.08 Å². The second-order valence-corrected chi connectivity index (χ2v) is 7.49. The van der Waals surface area contributed by atoms with Crippen LogP contribution in [0.2, 0.25) is 5.02 Å². The van der Waals surface area contributed by atoms with Gasteiger partial charge >= 0.3 is 5.97 Å². The summed E-state index contributed by atoms with van der Waals surface area (Å²) in [7, 11) is 0. The van der Waals surface area contributed by atoms with E-state index < -0.39 is 5.97 Å². The molecule has 1 saturated heterocycles. The van der Waals surface area contributed by atoms with Crippen LogP contribution < -0.4 is 4.90 Å². The summed E-state index contributed by atoms with van der Waals surface area (Å²) in [6, 6.07) is 11.8. The number of carbonyl (C=O) groups excluding carboxylic acids is 1. The summed E-state index contributed by atoms with van der Waals surface area (Å²) in [5, 5.41) is 9.76. The highest BCUT2D eigenvalue weighted by molar-refractivity contribution is 8.27. The number of hydrogen-bond donors (Lipinski definition) is 1. The number of carbonyl (C=O) groups is 2. The molecule has 7 heteroatoms. The molecular weight excluding hydrogens is 378 g/mol. The van der Waals surface area contributed by atoms with Crippen LogP contribution in [0.3, 0.4) is 0 Å². The Balaban J connectivity index is 2.00. The first-order chi connectivity index (χ1) is 11.9. The molecule has 0 saturated carbocycles. The lowest BCUT2D eigenvalue weighted by Gasteiger charge is -2.17. The average Bonchev–Trinajstić information content (AvgIpc) is 2.82. The zero-order chi connectivity index (χ0) is 18.1. The number of nitrogens with zero attached hydrogens (tertiary/aromatic N) is 1. The van der Waals surface area contributed by atoms with Crippen LogP contribution in [0, 0.1) is 6.92 Å². The molecule has 0 bridgehead atoms. The number of carboxylic acids is 1. The van der Waals surface area contributed by atoms with Gasteiger partial charge in [-0.2, -0.15) is 0 Å². The minimum Gasteiger partial charge on any atom is -0.478 e. The highest BCUT2D eigenvalue weighted by Gasteiger charge is 2.34. The highest BCUT2D eigenvalue weighted by atomic mass is 35.5. The van der Waals surface area contributed by atoms with E-state index in [2.05, 4.69) is 0 Å².